The van der Waals surface area contributed by atoms with Gasteiger partial charge in [0.25, 0.3) is 0 Å². The van der Waals surface area contributed by atoms with E-state index in [-0.39, 0.29) is 0 Å². The third kappa shape index (κ3) is 5.87. The molecule has 1 saturated carbocycles. The highest BCUT2D eigenvalue weighted by molar-refractivity contribution is 5.48. The summed E-state index contributed by atoms with van der Waals surface area (Å²) in [7, 11) is 0. The van der Waals surface area contributed by atoms with Crippen LogP contribution in [0.15, 0.2) is 6.07 Å². The molecular weight excluding hydrogens is 264 g/mol. The van der Waals surface area contributed by atoms with E-state index in [9.17, 15) is 0 Å². The van der Waals surface area contributed by atoms with Gasteiger partial charge in [-0.3, -0.25) is 0 Å². The minimum atomic E-state index is 0.568. The lowest BCUT2D eigenvalue weighted by molar-refractivity contribution is 0.110. The van der Waals surface area contributed by atoms with E-state index in [1.165, 1.54) is 12.8 Å². The standard InChI is InChI=1S/C16H28N4O/c1-4-17-14-10-15(20-16(19-14)13-6-7-13)18-8-5-9-21-11-12(2)3/h10,12-13H,4-9,11H2,1-3H3,(H2,17,18,19,20). The lowest BCUT2D eigenvalue weighted by atomic mass is 10.2. The Kier molecular flexibility index (Phi) is 6.23. The molecule has 1 aliphatic carbocycles. The highest BCUT2D eigenvalue weighted by Gasteiger charge is 2.27. The van der Waals surface area contributed by atoms with Crippen LogP contribution in [-0.2, 0) is 4.74 Å². The van der Waals surface area contributed by atoms with E-state index in [0.717, 1.165) is 50.2 Å². The summed E-state index contributed by atoms with van der Waals surface area (Å²) in [6.45, 7) is 9.81. The Morgan fingerprint density at radius 2 is 1.95 bits per heavy atom. The Hall–Kier alpha value is -1.36. The van der Waals surface area contributed by atoms with E-state index in [2.05, 4.69) is 41.4 Å². The first-order chi connectivity index (χ1) is 10.2. The van der Waals surface area contributed by atoms with Crippen LogP contribution in [-0.4, -0.2) is 36.3 Å². The van der Waals surface area contributed by atoms with Crippen molar-refractivity contribution < 1.29 is 4.74 Å². The number of rotatable bonds is 10. The average Bonchev–Trinajstić information content (AvgIpc) is 3.27. The van der Waals surface area contributed by atoms with Crippen LogP contribution < -0.4 is 10.6 Å². The predicted molar refractivity (Wildman–Crippen MR) is 86.9 cm³/mol. The van der Waals surface area contributed by atoms with Gasteiger partial charge in [0.2, 0.25) is 0 Å². The first kappa shape index (κ1) is 16.0. The van der Waals surface area contributed by atoms with E-state index in [0.29, 0.717) is 11.8 Å². The second-order valence-corrected chi connectivity index (χ2v) is 6.05. The summed E-state index contributed by atoms with van der Waals surface area (Å²) in [6, 6.07) is 1.99. The molecule has 1 aromatic heterocycles. The first-order valence-electron chi connectivity index (χ1n) is 8.13. The lowest BCUT2D eigenvalue weighted by Crippen LogP contribution is -2.11. The van der Waals surface area contributed by atoms with Gasteiger partial charge in [-0.2, -0.15) is 0 Å². The molecule has 0 amide bonds. The Balaban J connectivity index is 1.78. The van der Waals surface area contributed by atoms with E-state index in [1.807, 2.05) is 6.07 Å². The molecule has 5 heteroatoms. The second kappa shape index (κ2) is 8.17. The minimum Gasteiger partial charge on any atom is -0.381 e. The van der Waals surface area contributed by atoms with Gasteiger partial charge < -0.3 is 15.4 Å². The van der Waals surface area contributed by atoms with Crippen LogP contribution in [0.2, 0.25) is 0 Å². The molecule has 1 aromatic rings. The van der Waals surface area contributed by atoms with Crippen molar-refractivity contribution >= 4 is 11.6 Å². The average molecular weight is 292 g/mol. The fourth-order valence-electron chi connectivity index (χ4n) is 2.06. The Labute approximate surface area is 127 Å². The van der Waals surface area contributed by atoms with Gasteiger partial charge in [0.15, 0.2) is 0 Å². The van der Waals surface area contributed by atoms with Gasteiger partial charge in [-0.25, -0.2) is 9.97 Å². The Morgan fingerprint density at radius 3 is 2.57 bits per heavy atom. The third-order valence-corrected chi connectivity index (χ3v) is 3.27. The molecule has 1 heterocycles. The van der Waals surface area contributed by atoms with E-state index < -0.39 is 0 Å². The second-order valence-electron chi connectivity index (χ2n) is 6.05. The first-order valence-corrected chi connectivity index (χ1v) is 8.13. The number of aromatic nitrogens is 2. The highest BCUT2D eigenvalue weighted by Crippen LogP contribution is 2.38. The third-order valence-electron chi connectivity index (χ3n) is 3.27. The summed E-state index contributed by atoms with van der Waals surface area (Å²) in [5, 5.41) is 6.66. The van der Waals surface area contributed by atoms with E-state index >= 15 is 0 Å². The van der Waals surface area contributed by atoms with Crippen molar-refractivity contribution in [3.63, 3.8) is 0 Å². The monoisotopic (exact) mass is 292 g/mol. The molecule has 0 aliphatic heterocycles. The lowest BCUT2D eigenvalue weighted by Gasteiger charge is -2.11. The molecule has 118 valence electrons. The van der Waals surface area contributed by atoms with E-state index in [4.69, 9.17) is 4.74 Å². The van der Waals surface area contributed by atoms with Gasteiger partial charge in [-0.05, 0) is 32.1 Å². The SMILES string of the molecule is CCNc1cc(NCCCOCC(C)C)nc(C2CC2)n1. The zero-order valence-corrected chi connectivity index (χ0v) is 13.5. The topological polar surface area (TPSA) is 59.1 Å². The Bertz CT molecular complexity index is 432. The van der Waals surface area contributed by atoms with Crippen LogP contribution >= 0.6 is 0 Å². The maximum atomic E-state index is 5.58. The summed E-state index contributed by atoms with van der Waals surface area (Å²) in [4.78, 5) is 9.20. The van der Waals surface area contributed by atoms with Crippen LogP contribution in [0.5, 0.6) is 0 Å². The number of ether oxygens (including phenoxy) is 1. The molecule has 2 rings (SSSR count). The predicted octanol–water partition coefficient (Wildman–Crippen LogP) is 3.26. The van der Waals surface area contributed by atoms with Gasteiger partial charge >= 0.3 is 0 Å². The van der Waals surface area contributed by atoms with Crippen molar-refractivity contribution in [3.05, 3.63) is 11.9 Å². The van der Waals surface area contributed by atoms with Gasteiger partial charge in [-0.1, -0.05) is 13.8 Å². The number of hydrogen-bond donors (Lipinski definition) is 2. The van der Waals surface area contributed by atoms with Crippen molar-refractivity contribution in [2.75, 3.05) is 36.9 Å². The van der Waals surface area contributed by atoms with Crippen LogP contribution in [0, 0.1) is 5.92 Å². The number of hydrogen-bond acceptors (Lipinski definition) is 5. The smallest absolute Gasteiger partial charge is 0.136 e. The summed E-state index contributed by atoms with van der Waals surface area (Å²) < 4.78 is 5.58. The molecule has 2 N–H and O–H groups in total. The molecule has 1 fully saturated rings. The van der Waals surface area contributed by atoms with Crippen LogP contribution in [0.3, 0.4) is 0 Å². The zero-order chi connectivity index (χ0) is 15.1. The molecule has 21 heavy (non-hydrogen) atoms. The van der Waals surface area contributed by atoms with Gasteiger partial charge in [0.05, 0.1) is 0 Å². The normalized spacial score (nSPS) is 14.5. The molecule has 5 nitrogen and oxygen atoms in total. The van der Waals surface area contributed by atoms with Gasteiger partial charge in [0, 0.05) is 38.3 Å². The molecular formula is C16H28N4O. The maximum absolute atomic E-state index is 5.58. The molecule has 0 unspecified atom stereocenters. The molecule has 0 radical (unpaired) electrons. The van der Waals surface area contributed by atoms with Crippen molar-refractivity contribution in [3.8, 4) is 0 Å². The number of anilines is 2. The van der Waals surface area contributed by atoms with Crippen LogP contribution in [0.1, 0.15) is 51.8 Å². The largest absolute Gasteiger partial charge is 0.381 e. The fourth-order valence-corrected chi connectivity index (χ4v) is 2.06. The van der Waals surface area contributed by atoms with Gasteiger partial charge in [0.1, 0.15) is 17.5 Å². The van der Waals surface area contributed by atoms with E-state index in [1.54, 1.807) is 0 Å². The summed E-state index contributed by atoms with van der Waals surface area (Å²) in [5.74, 6) is 3.99. The quantitative estimate of drug-likeness (QED) is 0.648. The molecule has 0 saturated heterocycles. The molecule has 0 aromatic carbocycles. The van der Waals surface area contributed by atoms with Crippen molar-refractivity contribution in [2.45, 2.75) is 46.0 Å². The van der Waals surface area contributed by atoms with Gasteiger partial charge in [-0.15, -0.1) is 0 Å². The zero-order valence-electron chi connectivity index (χ0n) is 13.5. The molecule has 0 bridgehead atoms. The summed E-state index contributed by atoms with van der Waals surface area (Å²) >= 11 is 0. The van der Waals surface area contributed by atoms with Crippen LogP contribution in [0.25, 0.3) is 0 Å². The highest BCUT2D eigenvalue weighted by atomic mass is 16.5. The Morgan fingerprint density at radius 1 is 1.24 bits per heavy atom. The van der Waals surface area contributed by atoms with Crippen LogP contribution in [0.4, 0.5) is 11.6 Å². The van der Waals surface area contributed by atoms with Crippen molar-refractivity contribution in [1.29, 1.82) is 0 Å². The van der Waals surface area contributed by atoms with Crippen molar-refractivity contribution in [2.24, 2.45) is 5.92 Å². The summed E-state index contributed by atoms with van der Waals surface area (Å²) in [6.07, 6.45) is 3.43. The van der Waals surface area contributed by atoms with Crippen molar-refractivity contribution in [1.82, 2.24) is 9.97 Å². The maximum Gasteiger partial charge on any atom is 0.136 e. The summed E-state index contributed by atoms with van der Waals surface area (Å²) in [5.41, 5.74) is 0. The molecule has 1 aliphatic rings. The minimum absolute atomic E-state index is 0.568. The number of nitrogens with one attached hydrogen (secondary N) is 2. The molecule has 0 atom stereocenters. The number of nitrogens with zero attached hydrogens (tertiary/aromatic N) is 2. The molecule has 0 spiro atoms. The fraction of sp³-hybridized carbons (Fsp3) is 0.750.